The summed E-state index contributed by atoms with van der Waals surface area (Å²) in [5.41, 5.74) is 5.78. The second kappa shape index (κ2) is 5.54. The monoisotopic (exact) mass is 347 g/mol. The van der Waals surface area contributed by atoms with Crippen molar-refractivity contribution in [1.29, 1.82) is 0 Å². The van der Waals surface area contributed by atoms with Gasteiger partial charge in [-0.1, -0.05) is 28.1 Å². The fourth-order valence-corrected chi connectivity index (χ4v) is 2.19. The largest absolute Gasteiger partial charge is 0.416 e. The first-order chi connectivity index (χ1) is 9.29. The molecule has 2 aromatic rings. The molecule has 0 fully saturated rings. The van der Waals surface area contributed by atoms with Crippen molar-refractivity contribution in [2.75, 3.05) is 0 Å². The summed E-state index contributed by atoms with van der Waals surface area (Å²) in [4.78, 5) is 0. The van der Waals surface area contributed by atoms with Crippen LogP contribution in [0.2, 0.25) is 0 Å². The highest BCUT2D eigenvalue weighted by Crippen LogP contribution is 2.31. The quantitative estimate of drug-likeness (QED) is 0.786. The molecule has 0 bridgehead atoms. The number of hydrogen-bond donors (Lipinski definition) is 1. The van der Waals surface area contributed by atoms with Gasteiger partial charge in [0.1, 0.15) is 5.82 Å². The van der Waals surface area contributed by atoms with Crippen LogP contribution in [0.4, 0.5) is 17.6 Å². The molecular formula is C14H10BrF4N. The number of alkyl halides is 3. The minimum absolute atomic E-state index is 0.221. The number of halogens is 5. The summed E-state index contributed by atoms with van der Waals surface area (Å²) >= 11 is 3.20. The Morgan fingerprint density at radius 3 is 2.15 bits per heavy atom. The molecule has 2 aromatic carbocycles. The Bertz CT molecular complexity index is 608. The minimum Gasteiger partial charge on any atom is -0.320 e. The second-order valence-electron chi connectivity index (χ2n) is 4.26. The Labute approximate surface area is 121 Å². The van der Waals surface area contributed by atoms with E-state index in [2.05, 4.69) is 15.9 Å². The zero-order valence-electron chi connectivity index (χ0n) is 10.1. The van der Waals surface area contributed by atoms with E-state index in [9.17, 15) is 17.6 Å². The highest BCUT2D eigenvalue weighted by atomic mass is 79.9. The van der Waals surface area contributed by atoms with Gasteiger partial charge in [-0.2, -0.15) is 13.2 Å². The van der Waals surface area contributed by atoms with Gasteiger partial charge in [0.2, 0.25) is 0 Å². The van der Waals surface area contributed by atoms with E-state index < -0.39 is 23.6 Å². The molecule has 106 valence electrons. The van der Waals surface area contributed by atoms with Gasteiger partial charge in [-0.3, -0.25) is 0 Å². The van der Waals surface area contributed by atoms with Gasteiger partial charge in [0.25, 0.3) is 0 Å². The molecule has 1 atom stereocenters. The molecule has 0 amide bonds. The Morgan fingerprint density at radius 2 is 1.60 bits per heavy atom. The summed E-state index contributed by atoms with van der Waals surface area (Å²) in [5, 5.41) is 0. The zero-order chi connectivity index (χ0) is 14.9. The lowest BCUT2D eigenvalue weighted by molar-refractivity contribution is -0.137. The van der Waals surface area contributed by atoms with E-state index in [-0.39, 0.29) is 5.56 Å². The number of hydrogen-bond acceptors (Lipinski definition) is 1. The third-order valence-corrected chi connectivity index (χ3v) is 3.38. The van der Waals surface area contributed by atoms with Crippen LogP contribution in [0.15, 0.2) is 46.9 Å². The van der Waals surface area contributed by atoms with Crippen LogP contribution in [0.5, 0.6) is 0 Å². The molecule has 0 aliphatic heterocycles. The third-order valence-electron chi connectivity index (χ3n) is 2.89. The van der Waals surface area contributed by atoms with Crippen molar-refractivity contribution in [2.45, 2.75) is 12.2 Å². The molecule has 20 heavy (non-hydrogen) atoms. The summed E-state index contributed by atoms with van der Waals surface area (Å²) in [6, 6.07) is 7.85. The third kappa shape index (κ3) is 3.19. The minimum atomic E-state index is -4.40. The first-order valence-electron chi connectivity index (χ1n) is 5.66. The molecule has 2 rings (SSSR count). The predicted octanol–water partition coefficient (Wildman–Crippen LogP) is 4.66. The van der Waals surface area contributed by atoms with E-state index in [4.69, 9.17) is 5.73 Å². The number of benzene rings is 2. The predicted molar refractivity (Wildman–Crippen MR) is 71.6 cm³/mol. The lowest BCUT2D eigenvalue weighted by atomic mass is 9.98. The van der Waals surface area contributed by atoms with E-state index in [0.717, 1.165) is 12.1 Å². The highest BCUT2D eigenvalue weighted by molar-refractivity contribution is 9.10. The highest BCUT2D eigenvalue weighted by Gasteiger charge is 2.30. The topological polar surface area (TPSA) is 26.0 Å². The molecule has 6 heteroatoms. The normalized spacial score (nSPS) is 13.3. The molecule has 2 N–H and O–H groups in total. The molecule has 0 radical (unpaired) electrons. The van der Waals surface area contributed by atoms with Gasteiger partial charge in [-0.25, -0.2) is 4.39 Å². The van der Waals surface area contributed by atoms with Crippen molar-refractivity contribution in [2.24, 2.45) is 5.73 Å². The van der Waals surface area contributed by atoms with Crippen molar-refractivity contribution < 1.29 is 17.6 Å². The van der Waals surface area contributed by atoms with Crippen molar-refractivity contribution in [3.8, 4) is 0 Å². The van der Waals surface area contributed by atoms with Crippen LogP contribution in [0.3, 0.4) is 0 Å². The molecule has 0 aliphatic carbocycles. The van der Waals surface area contributed by atoms with Crippen LogP contribution in [-0.2, 0) is 6.18 Å². The summed E-state index contributed by atoms with van der Waals surface area (Å²) in [6.07, 6.45) is -4.40. The second-order valence-corrected chi connectivity index (χ2v) is 5.18. The maximum atomic E-state index is 13.7. The average Bonchev–Trinajstić information content (AvgIpc) is 2.40. The van der Waals surface area contributed by atoms with Crippen LogP contribution >= 0.6 is 15.9 Å². The maximum absolute atomic E-state index is 13.7. The molecule has 0 saturated carbocycles. The van der Waals surface area contributed by atoms with Gasteiger partial charge in [0, 0.05) is 10.0 Å². The standard InChI is InChI=1S/C14H10BrF4N/c15-10-5-6-12(16)11(7-10)13(20)8-1-3-9(4-2-8)14(17,18)19/h1-7,13H,20H2. The van der Waals surface area contributed by atoms with E-state index in [1.165, 1.54) is 30.3 Å². The van der Waals surface area contributed by atoms with Crippen LogP contribution < -0.4 is 5.73 Å². The van der Waals surface area contributed by atoms with Crippen LogP contribution in [0.1, 0.15) is 22.7 Å². The average molecular weight is 348 g/mol. The summed E-state index contributed by atoms with van der Waals surface area (Å²) in [6.45, 7) is 0. The lowest BCUT2D eigenvalue weighted by Crippen LogP contribution is -2.14. The Morgan fingerprint density at radius 1 is 1.00 bits per heavy atom. The van der Waals surface area contributed by atoms with Gasteiger partial charge < -0.3 is 5.73 Å². The van der Waals surface area contributed by atoms with Gasteiger partial charge >= 0.3 is 6.18 Å². The summed E-state index contributed by atoms with van der Waals surface area (Å²) in [7, 11) is 0. The lowest BCUT2D eigenvalue weighted by Gasteiger charge is -2.15. The number of nitrogens with two attached hydrogens (primary N) is 1. The van der Waals surface area contributed by atoms with Crippen molar-refractivity contribution in [3.05, 3.63) is 69.4 Å². The summed E-state index contributed by atoms with van der Waals surface area (Å²) < 4.78 is 51.7. The van der Waals surface area contributed by atoms with Crippen LogP contribution in [0, 0.1) is 5.82 Å². The zero-order valence-corrected chi connectivity index (χ0v) is 11.7. The Hall–Kier alpha value is -1.40. The molecule has 0 saturated heterocycles. The Balaban J connectivity index is 2.34. The van der Waals surface area contributed by atoms with Gasteiger partial charge in [-0.05, 0) is 35.9 Å². The first-order valence-corrected chi connectivity index (χ1v) is 6.46. The van der Waals surface area contributed by atoms with Crippen LogP contribution in [0.25, 0.3) is 0 Å². The first kappa shape index (κ1) is 15.0. The Kier molecular flexibility index (Phi) is 4.15. The van der Waals surface area contributed by atoms with Gasteiger partial charge in [-0.15, -0.1) is 0 Å². The molecule has 0 spiro atoms. The van der Waals surface area contributed by atoms with Gasteiger partial charge in [0.05, 0.1) is 11.6 Å². The summed E-state index contributed by atoms with van der Waals surface area (Å²) in [5.74, 6) is -0.499. The smallest absolute Gasteiger partial charge is 0.320 e. The molecule has 1 unspecified atom stereocenters. The fraction of sp³-hybridized carbons (Fsp3) is 0.143. The SMILES string of the molecule is NC(c1ccc(C(F)(F)F)cc1)c1cc(Br)ccc1F. The van der Waals surface area contributed by atoms with Crippen molar-refractivity contribution in [3.63, 3.8) is 0 Å². The molecule has 0 aliphatic rings. The van der Waals surface area contributed by atoms with Crippen LogP contribution in [-0.4, -0.2) is 0 Å². The molecule has 1 nitrogen and oxygen atoms in total. The molecule has 0 aromatic heterocycles. The van der Waals surface area contributed by atoms with E-state index in [0.29, 0.717) is 10.0 Å². The van der Waals surface area contributed by atoms with Crippen molar-refractivity contribution in [1.82, 2.24) is 0 Å². The maximum Gasteiger partial charge on any atom is 0.416 e. The molecule has 0 heterocycles. The van der Waals surface area contributed by atoms with Gasteiger partial charge in [0.15, 0.2) is 0 Å². The fourth-order valence-electron chi connectivity index (χ4n) is 1.81. The van der Waals surface area contributed by atoms with E-state index >= 15 is 0 Å². The number of rotatable bonds is 2. The molecular weight excluding hydrogens is 338 g/mol. The van der Waals surface area contributed by atoms with E-state index in [1.807, 2.05) is 0 Å². The van der Waals surface area contributed by atoms with Crippen molar-refractivity contribution >= 4 is 15.9 Å². The van der Waals surface area contributed by atoms with E-state index in [1.54, 1.807) is 0 Å².